The Morgan fingerprint density at radius 3 is 1.62 bits per heavy atom. The zero-order chi connectivity index (χ0) is 14.9. The van der Waals surface area contributed by atoms with Gasteiger partial charge in [-0.3, -0.25) is 0 Å². The first kappa shape index (κ1) is 17.2. The number of ether oxygens (including phenoxy) is 4. The Kier molecular flexibility index (Phi) is 8.01. The zero-order valence-electron chi connectivity index (χ0n) is 13.7. The summed E-state index contributed by atoms with van der Waals surface area (Å²) in [4.78, 5) is 0. The Labute approximate surface area is 129 Å². The van der Waals surface area contributed by atoms with Crippen LogP contribution in [0.25, 0.3) is 0 Å². The van der Waals surface area contributed by atoms with Crippen molar-refractivity contribution in [3.63, 3.8) is 0 Å². The van der Waals surface area contributed by atoms with Crippen molar-refractivity contribution in [2.45, 2.75) is 58.2 Å². The Balaban J connectivity index is 1.63. The molecule has 2 saturated heterocycles. The highest BCUT2D eigenvalue weighted by Crippen LogP contribution is 2.23. The molecule has 124 valence electrons. The summed E-state index contributed by atoms with van der Waals surface area (Å²) in [6, 6.07) is 0. The predicted octanol–water partition coefficient (Wildman–Crippen LogP) is 3.04. The minimum atomic E-state index is 0.376. The van der Waals surface area contributed by atoms with Crippen molar-refractivity contribution in [3.05, 3.63) is 0 Å². The monoisotopic (exact) mass is 300 g/mol. The molecular formula is C17H32O4. The second-order valence-electron chi connectivity index (χ2n) is 6.53. The fourth-order valence-electron chi connectivity index (χ4n) is 2.89. The van der Waals surface area contributed by atoms with E-state index in [9.17, 15) is 0 Å². The van der Waals surface area contributed by atoms with Gasteiger partial charge in [-0.1, -0.05) is 26.7 Å². The van der Waals surface area contributed by atoms with Crippen LogP contribution in [-0.2, 0) is 18.9 Å². The molecule has 4 unspecified atom stereocenters. The molecule has 0 aliphatic carbocycles. The van der Waals surface area contributed by atoms with Crippen LogP contribution in [-0.4, -0.2) is 51.8 Å². The minimum Gasteiger partial charge on any atom is -0.378 e. The standard InChI is InChI=1S/C17H32O4/c1-3-5-14(8-18-10-16-12-20-16)7-15(6-4-2)9-19-11-17-13-21-17/h14-17H,3-13H2,1-2H3. The molecule has 21 heavy (non-hydrogen) atoms. The van der Waals surface area contributed by atoms with E-state index >= 15 is 0 Å². The highest BCUT2D eigenvalue weighted by atomic mass is 16.6. The number of hydrogen-bond acceptors (Lipinski definition) is 4. The van der Waals surface area contributed by atoms with Gasteiger partial charge in [-0.2, -0.15) is 0 Å². The van der Waals surface area contributed by atoms with Crippen LogP contribution in [0.5, 0.6) is 0 Å². The second kappa shape index (κ2) is 9.78. The zero-order valence-corrected chi connectivity index (χ0v) is 13.7. The predicted molar refractivity (Wildman–Crippen MR) is 82.5 cm³/mol. The molecular weight excluding hydrogens is 268 g/mol. The summed E-state index contributed by atoms with van der Waals surface area (Å²) in [6.45, 7) is 9.57. The number of rotatable bonds is 14. The fraction of sp³-hybridized carbons (Fsp3) is 1.00. The topological polar surface area (TPSA) is 43.5 Å². The van der Waals surface area contributed by atoms with E-state index < -0.39 is 0 Å². The van der Waals surface area contributed by atoms with Crippen LogP contribution in [0.2, 0.25) is 0 Å². The molecule has 0 spiro atoms. The van der Waals surface area contributed by atoms with Gasteiger partial charge in [0.1, 0.15) is 12.2 Å². The summed E-state index contributed by atoms with van der Waals surface area (Å²) in [5.41, 5.74) is 0. The number of hydrogen-bond donors (Lipinski definition) is 0. The number of epoxide rings is 2. The Morgan fingerprint density at radius 2 is 1.29 bits per heavy atom. The summed E-state index contributed by atoms with van der Waals surface area (Å²) >= 11 is 0. The van der Waals surface area contributed by atoms with Crippen molar-refractivity contribution in [2.24, 2.45) is 11.8 Å². The Morgan fingerprint density at radius 1 is 0.857 bits per heavy atom. The van der Waals surface area contributed by atoms with E-state index in [2.05, 4.69) is 13.8 Å². The highest BCUT2D eigenvalue weighted by molar-refractivity contribution is 4.71. The van der Waals surface area contributed by atoms with Gasteiger partial charge < -0.3 is 18.9 Å². The van der Waals surface area contributed by atoms with Crippen LogP contribution in [0.1, 0.15) is 46.0 Å². The Bertz CT molecular complexity index is 238. The van der Waals surface area contributed by atoms with Gasteiger partial charge in [0.15, 0.2) is 0 Å². The van der Waals surface area contributed by atoms with Crippen LogP contribution < -0.4 is 0 Å². The van der Waals surface area contributed by atoms with Crippen molar-refractivity contribution in [3.8, 4) is 0 Å². The van der Waals surface area contributed by atoms with E-state index in [-0.39, 0.29) is 0 Å². The SMILES string of the molecule is CCCC(COCC1CO1)CC(CCC)COCC1CO1. The van der Waals surface area contributed by atoms with Gasteiger partial charge in [-0.15, -0.1) is 0 Å². The molecule has 2 rings (SSSR count). The first-order valence-corrected chi connectivity index (χ1v) is 8.70. The van der Waals surface area contributed by atoms with Crippen LogP contribution in [0, 0.1) is 11.8 Å². The lowest BCUT2D eigenvalue weighted by molar-refractivity contribution is 0.0483. The van der Waals surface area contributed by atoms with Gasteiger partial charge in [-0.25, -0.2) is 0 Å². The second-order valence-corrected chi connectivity index (χ2v) is 6.53. The lowest BCUT2D eigenvalue weighted by Gasteiger charge is -2.23. The molecule has 0 aromatic heterocycles. The first-order chi connectivity index (χ1) is 10.3. The molecule has 4 nitrogen and oxygen atoms in total. The van der Waals surface area contributed by atoms with Crippen LogP contribution in [0.3, 0.4) is 0 Å². The van der Waals surface area contributed by atoms with Gasteiger partial charge in [0.25, 0.3) is 0 Å². The van der Waals surface area contributed by atoms with E-state index in [1.54, 1.807) is 0 Å². The first-order valence-electron chi connectivity index (χ1n) is 8.70. The third kappa shape index (κ3) is 8.15. The largest absolute Gasteiger partial charge is 0.378 e. The molecule has 0 aromatic rings. The molecule has 0 saturated carbocycles. The van der Waals surface area contributed by atoms with Crippen molar-refractivity contribution >= 4 is 0 Å². The van der Waals surface area contributed by atoms with E-state index in [1.165, 1.54) is 32.1 Å². The summed E-state index contributed by atoms with van der Waals surface area (Å²) in [5, 5.41) is 0. The van der Waals surface area contributed by atoms with Crippen molar-refractivity contribution in [2.75, 3.05) is 39.6 Å². The normalized spacial score (nSPS) is 26.6. The van der Waals surface area contributed by atoms with Gasteiger partial charge in [0.05, 0.1) is 26.4 Å². The fourth-order valence-corrected chi connectivity index (χ4v) is 2.89. The molecule has 0 N–H and O–H groups in total. The maximum atomic E-state index is 5.82. The third-order valence-corrected chi connectivity index (χ3v) is 4.18. The maximum Gasteiger partial charge on any atom is 0.104 e. The van der Waals surface area contributed by atoms with Crippen molar-refractivity contribution in [1.82, 2.24) is 0 Å². The molecule has 0 amide bonds. The Hall–Kier alpha value is -0.160. The molecule has 2 fully saturated rings. The summed E-state index contributed by atoms with van der Waals surface area (Å²) in [5.74, 6) is 1.32. The van der Waals surface area contributed by atoms with Gasteiger partial charge in [0, 0.05) is 13.2 Å². The van der Waals surface area contributed by atoms with Crippen LogP contribution >= 0.6 is 0 Å². The molecule has 0 aromatic carbocycles. The van der Waals surface area contributed by atoms with Gasteiger partial charge in [-0.05, 0) is 31.1 Å². The highest BCUT2D eigenvalue weighted by Gasteiger charge is 2.25. The summed E-state index contributed by atoms with van der Waals surface area (Å²) in [7, 11) is 0. The smallest absolute Gasteiger partial charge is 0.104 e. The average molecular weight is 300 g/mol. The van der Waals surface area contributed by atoms with E-state index in [0.717, 1.165) is 39.6 Å². The van der Waals surface area contributed by atoms with Crippen LogP contribution in [0.4, 0.5) is 0 Å². The average Bonchev–Trinajstić information content (AvgIpc) is 3.34. The van der Waals surface area contributed by atoms with Crippen LogP contribution in [0.15, 0.2) is 0 Å². The molecule has 2 aliphatic rings. The molecule has 2 heterocycles. The van der Waals surface area contributed by atoms with Gasteiger partial charge in [0.2, 0.25) is 0 Å². The lowest BCUT2D eigenvalue weighted by atomic mass is 9.89. The lowest BCUT2D eigenvalue weighted by Crippen LogP contribution is -2.20. The van der Waals surface area contributed by atoms with Gasteiger partial charge >= 0.3 is 0 Å². The van der Waals surface area contributed by atoms with E-state index in [0.29, 0.717) is 24.0 Å². The van der Waals surface area contributed by atoms with E-state index in [1.807, 2.05) is 0 Å². The molecule has 0 radical (unpaired) electrons. The minimum absolute atomic E-state index is 0.376. The maximum absolute atomic E-state index is 5.82. The summed E-state index contributed by atoms with van der Waals surface area (Å²) < 4.78 is 22.0. The quantitative estimate of drug-likeness (QED) is 0.463. The van der Waals surface area contributed by atoms with E-state index in [4.69, 9.17) is 18.9 Å². The molecule has 4 heteroatoms. The summed E-state index contributed by atoms with van der Waals surface area (Å²) in [6.07, 6.45) is 6.92. The van der Waals surface area contributed by atoms with Crippen molar-refractivity contribution in [1.29, 1.82) is 0 Å². The molecule has 2 aliphatic heterocycles. The molecule has 4 atom stereocenters. The molecule has 0 bridgehead atoms. The van der Waals surface area contributed by atoms with Crippen molar-refractivity contribution < 1.29 is 18.9 Å². The third-order valence-electron chi connectivity index (χ3n) is 4.18.